The highest BCUT2D eigenvalue weighted by atomic mass is 32.2. The summed E-state index contributed by atoms with van der Waals surface area (Å²) < 4.78 is 27.7. The molecule has 134 valence electrons. The molecule has 0 saturated heterocycles. The van der Waals surface area contributed by atoms with Crippen molar-refractivity contribution >= 4 is 27.7 Å². The van der Waals surface area contributed by atoms with Crippen LogP contribution in [0.2, 0.25) is 0 Å². The number of thioether (sulfide) groups is 1. The highest BCUT2D eigenvalue weighted by Crippen LogP contribution is 2.23. The van der Waals surface area contributed by atoms with Crippen LogP contribution < -0.4 is 4.72 Å². The first-order chi connectivity index (χ1) is 11.5. The molecule has 5 nitrogen and oxygen atoms in total. The van der Waals surface area contributed by atoms with Crippen LogP contribution in [0.25, 0.3) is 0 Å². The van der Waals surface area contributed by atoms with Crippen LogP contribution in [0.3, 0.4) is 0 Å². The van der Waals surface area contributed by atoms with Gasteiger partial charge in [-0.05, 0) is 43.4 Å². The molecule has 1 saturated carbocycles. The van der Waals surface area contributed by atoms with Crippen molar-refractivity contribution in [2.75, 3.05) is 19.1 Å². The number of benzene rings is 1. The molecule has 24 heavy (non-hydrogen) atoms. The summed E-state index contributed by atoms with van der Waals surface area (Å²) in [6, 6.07) is 7.72. The fourth-order valence-corrected chi connectivity index (χ4v) is 4.76. The average molecular weight is 371 g/mol. The van der Waals surface area contributed by atoms with Gasteiger partial charge in [0.2, 0.25) is 15.9 Å². The topological polar surface area (TPSA) is 66.5 Å². The molecule has 2 rings (SSSR count). The standard InChI is InChI=1S/C17H26N2O3S2/c1-19(14-8-6-7-9-14)17(20)16(12-13-23-2)18-24(21,22)15-10-4-3-5-11-15/h3-5,10-11,14,16,18H,6-9,12-13H2,1-2H3. The van der Waals surface area contributed by atoms with E-state index in [1.165, 1.54) is 0 Å². The van der Waals surface area contributed by atoms with E-state index in [2.05, 4.69) is 4.72 Å². The summed E-state index contributed by atoms with van der Waals surface area (Å²) in [6.07, 6.45) is 6.71. The lowest BCUT2D eigenvalue weighted by Crippen LogP contribution is -2.50. The number of rotatable bonds is 8. The van der Waals surface area contributed by atoms with Crippen LogP contribution in [0.1, 0.15) is 32.1 Å². The number of nitrogens with zero attached hydrogens (tertiary/aromatic N) is 1. The van der Waals surface area contributed by atoms with Crippen molar-refractivity contribution in [1.82, 2.24) is 9.62 Å². The van der Waals surface area contributed by atoms with E-state index in [4.69, 9.17) is 0 Å². The minimum Gasteiger partial charge on any atom is -0.341 e. The number of carbonyl (C=O) groups is 1. The third kappa shape index (κ3) is 4.97. The van der Waals surface area contributed by atoms with Gasteiger partial charge in [-0.2, -0.15) is 16.5 Å². The highest BCUT2D eigenvalue weighted by Gasteiger charge is 2.31. The number of likely N-dealkylation sites (N-methyl/N-ethyl adjacent to an activating group) is 1. The van der Waals surface area contributed by atoms with Crippen molar-refractivity contribution in [3.05, 3.63) is 30.3 Å². The van der Waals surface area contributed by atoms with Crippen LogP contribution in [0, 0.1) is 0 Å². The maximum atomic E-state index is 12.8. The molecule has 0 aromatic heterocycles. The maximum absolute atomic E-state index is 12.8. The van der Waals surface area contributed by atoms with Gasteiger partial charge in [0.15, 0.2) is 0 Å². The Morgan fingerprint density at radius 3 is 2.50 bits per heavy atom. The molecule has 1 unspecified atom stereocenters. The summed E-state index contributed by atoms with van der Waals surface area (Å²) in [7, 11) is -1.91. The first kappa shape index (κ1) is 19.3. The Hall–Kier alpha value is -1.05. The summed E-state index contributed by atoms with van der Waals surface area (Å²) in [5, 5.41) is 0. The van der Waals surface area contributed by atoms with Crippen molar-refractivity contribution in [3.63, 3.8) is 0 Å². The third-order valence-electron chi connectivity index (χ3n) is 4.48. The molecule has 0 spiro atoms. The first-order valence-electron chi connectivity index (χ1n) is 8.28. The van der Waals surface area contributed by atoms with Crippen LogP contribution in [0.5, 0.6) is 0 Å². The van der Waals surface area contributed by atoms with E-state index in [1.807, 2.05) is 6.26 Å². The van der Waals surface area contributed by atoms with Gasteiger partial charge in [0.05, 0.1) is 4.90 Å². The fraction of sp³-hybridized carbons (Fsp3) is 0.588. The molecule has 0 heterocycles. The summed E-state index contributed by atoms with van der Waals surface area (Å²) in [5.74, 6) is 0.599. The third-order valence-corrected chi connectivity index (χ3v) is 6.61. The van der Waals surface area contributed by atoms with E-state index in [9.17, 15) is 13.2 Å². The van der Waals surface area contributed by atoms with Gasteiger partial charge < -0.3 is 4.90 Å². The molecule has 7 heteroatoms. The lowest BCUT2D eigenvalue weighted by Gasteiger charge is -2.29. The fourth-order valence-electron chi connectivity index (χ4n) is 3.04. The number of nitrogens with one attached hydrogen (secondary N) is 1. The Morgan fingerprint density at radius 1 is 1.29 bits per heavy atom. The summed E-state index contributed by atoms with van der Waals surface area (Å²) >= 11 is 1.61. The Kier molecular flexibility index (Phi) is 7.13. The van der Waals surface area contributed by atoms with E-state index in [0.717, 1.165) is 31.4 Å². The molecule has 1 atom stereocenters. The minimum atomic E-state index is -3.70. The van der Waals surface area contributed by atoms with E-state index in [1.54, 1.807) is 54.0 Å². The van der Waals surface area contributed by atoms with Gasteiger partial charge >= 0.3 is 0 Å². The molecule has 1 fully saturated rings. The molecule has 1 amide bonds. The van der Waals surface area contributed by atoms with Crippen molar-refractivity contribution in [2.24, 2.45) is 0 Å². The zero-order chi connectivity index (χ0) is 17.6. The molecule has 1 aromatic rings. The zero-order valence-electron chi connectivity index (χ0n) is 14.3. The van der Waals surface area contributed by atoms with Gasteiger partial charge in [0, 0.05) is 13.1 Å². The highest BCUT2D eigenvalue weighted by molar-refractivity contribution is 7.98. The first-order valence-corrected chi connectivity index (χ1v) is 11.2. The second kappa shape index (κ2) is 8.87. The zero-order valence-corrected chi connectivity index (χ0v) is 15.9. The van der Waals surface area contributed by atoms with Crippen molar-refractivity contribution in [2.45, 2.75) is 49.1 Å². The second-order valence-electron chi connectivity index (χ2n) is 6.16. The van der Waals surface area contributed by atoms with Crippen LogP contribution in [0.15, 0.2) is 35.2 Å². The molecular formula is C17H26N2O3S2. The predicted molar refractivity (Wildman–Crippen MR) is 98.6 cm³/mol. The summed E-state index contributed by atoms with van der Waals surface area (Å²) in [5.41, 5.74) is 0. The summed E-state index contributed by atoms with van der Waals surface area (Å²) in [6.45, 7) is 0. The molecule has 1 N–H and O–H groups in total. The maximum Gasteiger partial charge on any atom is 0.241 e. The lowest BCUT2D eigenvalue weighted by atomic mass is 10.1. The largest absolute Gasteiger partial charge is 0.341 e. The monoisotopic (exact) mass is 370 g/mol. The quantitative estimate of drug-likeness (QED) is 0.763. The van der Waals surface area contributed by atoms with E-state index >= 15 is 0 Å². The summed E-state index contributed by atoms with van der Waals surface area (Å²) in [4.78, 5) is 14.8. The van der Waals surface area contributed by atoms with Gasteiger partial charge in [0.1, 0.15) is 6.04 Å². The number of sulfonamides is 1. The molecule has 1 aromatic carbocycles. The molecule has 1 aliphatic rings. The van der Waals surface area contributed by atoms with Crippen LogP contribution in [-0.2, 0) is 14.8 Å². The number of hydrogen-bond acceptors (Lipinski definition) is 4. The van der Waals surface area contributed by atoms with Gasteiger partial charge in [-0.15, -0.1) is 0 Å². The van der Waals surface area contributed by atoms with Crippen LogP contribution in [-0.4, -0.2) is 50.4 Å². The van der Waals surface area contributed by atoms with Crippen LogP contribution in [0.4, 0.5) is 0 Å². The number of carbonyl (C=O) groups excluding carboxylic acids is 1. The van der Waals surface area contributed by atoms with E-state index < -0.39 is 16.1 Å². The van der Waals surface area contributed by atoms with Gasteiger partial charge in [0.25, 0.3) is 0 Å². The SMILES string of the molecule is CSCCC(NS(=O)(=O)c1ccccc1)C(=O)N(C)C1CCCC1. The Morgan fingerprint density at radius 2 is 1.92 bits per heavy atom. The molecule has 1 aliphatic carbocycles. The van der Waals surface area contributed by atoms with Gasteiger partial charge in [-0.1, -0.05) is 31.0 Å². The molecule has 0 radical (unpaired) electrons. The van der Waals surface area contributed by atoms with Gasteiger partial charge in [-0.3, -0.25) is 4.79 Å². The normalized spacial score (nSPS) is 16.9. The smallest absolute Gasteiger partial charge is 0.241 e. The van der Waals surface area contributed by atoms with Crippen LogP contribution >= 0.6 is 11.8 Å². The molecule has 0 aliphatic heterocycles. The van der Waals surface area contributed by atoms with Gasteiger partial charge in [-0.25, -0.2) is 8.42 Å². The second-order valence-corrected chi connectivity index (χ2v) is 8.86. The minimum absolute atomic E-state index is 0.129. The Labute approximate surface area is 149 Å². The van der Waals surface area contributed by atoms with E-state index in [0.29, 0.717) is 6.42 Å². The number of hydrogen-bond donors (Lipinski definition) is 1. The Balaban J connectivity index is 2.13. The van der Waals surface area contributed by atoms with Crippen molar-refractivity contribution < 1.29 is 13.2 Å². The molecule has 0 bridgehead atoms. The van der Waals surface area contributed by atoms with Crippen molar-refractivity contribution in [1.29, 1.82) is 0 Å². The number of amides is 1. The lowest BCUT2D eigenvalue weighted by molar-refractivity contribution is -0.133. The predicted octanol–water partition coefficient (Wildman–Crippen LogP) is 2.49. The molecular weight excluding hydrogens is 344 g/mol. The Bertz CT molecular complexity index is 628. The average Bonchev–Trinajstić information content (AvgIpc) is 3.12. The van der Waals surface area contributed by atoms with Crippen molar-refractivity contribution in [3.8, 4) is 0 Å². The van der Waals surface area contributed by atoms with E-state index in [-0.39, 0.29) is 16.8 Å².